The first kappa shape index (κ1) is 12.3. The molecule has 0 aliphatic rings. The number of nitrogens with zero attached hydrogens (tertiary/aromatic N) is 2. The van der Waals surface area contributed by atoms with Gasteiger partial charge in [-0.25, -0.2) is 18.4 Å². The van der Waals surface area contributed by atoms with Gasteiger partial charge in [-0.15, -0.1) is 0 Å². The smallest absolute Gasteiger partial charge is 0.192 e. The van der Waals surface area contributed by atoms with Gasteiger partial charge >= 0.3 is 0 Å². The van der Waals surface area contributed by atoms with Crippen LogP contribution < -0.4 is 0 Å². The highest BCUT2D eigenvalue weighted by molar-refractivity contribution is 7.90. The molecule has 0 atom stereocenters. The van der Waals surface area contributed by atoms with Gasteiger partial charge in [0, 0.05) is 12.3 Å². The van der Waals surface area contributed by atoms with Gasteiger partial charge in [-0.3, -0.25) is 0 Å². The molecule has 0 radical (unpaired) electrons. The van der Waals surface area contributed by atoms with E-state index in [9.17, 15) is 8.42 Å². The maximum atomic E-state index is 10.8. The second-order valence-electron chi connectivity index (χ2n) is 1.95. The third-order valence-electron chi connectivity index (χ3n) is 0.989. The topological polar surface area (TPSA) is 59.9 Å². The summed E-state index contributed by atoms with van der Waals surface area (Å²) in [7, 11) is -3.26. The van der Waals surface area contributed by atoms with Crippen LogP contribution in [0, 0.1) is 0 Å². The first-order valence-corrected chi connectivity index (χ1v) is 5.95. The Morgan fingerprint density at radius 3 is 2.15 bits per heavy atom. The molecule has 1 rings (SSSR count). The fourth-order valence-corrected chi connectivity index (χ4v) is 1.30. The third kappa shape index (κ3) is 4.19. The van der Waals surface area contributed by atoms with E-state index in [1.165, 1.54) is 6.07 Å². The van der Waals surface area contributed by atoms with E-state index in [4.69, 9.17) is 11.6 Å². The van der Waals surface area contributed by atoms with Crippen LogP contribution in [-0.4, -0.2) is 24.6 Å². The molecule has 74 valence electrons. The molecule has 0 aliphatic heterocycles. The van der Waals surface area contributed by atoms with Crippen molar-refractivity contribution in [1.82, 2.24) is 9.97 Å². The minimum Gasteiger partial charge on any atom is -0.225 e. The molecule has 4 nitrogen and oxygen atoms in total. The van der Waals surface area contributed by atoms with E-state index in [0.29, 0.717) is 0 Å². The van der Waals surface area contributed by atoms with Gasteiger partial charge in [0.2, 0.25) is 0 Å². The summed E-state index contributed by atoms with van der Waals surface area (Å²) in [5.41, 5.74) is 0. The Balaban J connectivity index is 0.000000671. The van der Waals surface area contributed by atoms with Gasteiger partial charge in [-0.1, -0.05) is 25.4 Å². The minimum absolute atomic E-state index is 0.0579. The molecule has 13 heavy (non-hydrogen) atoms. The van der Waals surface area contributed by atoms with E-state index in [1.54, 1.807) is 0 Å². The van der Waals surface area contributed by atoms with Crippen LogP contribution in [0.3, 0.4) is 0 Å². The normalized spacial score (nSPS) is 10.2. The van der Waals surface area contributed by atoms with E-state index >= 15 is 0 Å². The second-order valence-corrected chi connectivity index (χ2v) is 4.30. The first-order valence-electron chi connectivity index (χ1n) is 3.68. The van der Waals surface area contributed by atoms with Crippen molar-refractivity contribution >= 4 is 21.4 Å². The minimum atomic E-state index is -3.26. The number of rotatable bonds is 1. The Bertz CT molecular complexity index is 365. The number of sulfone groups is 1. The number of halogens is 1. The predicted molar refractivity (Wildman–Crippen MR) is 51.5 cm³/mol. The molecule has 0 bridgehead atoms. The molecule has 1 aromatic rings. The van der Waals surface area contributed by atoms with Crippen molar-refractivity contribution in [2.24, 2.45) is 0 Å². The van der Waals surface area contributed by atoms with Gasteiger partial charge in [-0.2, -0.15) is 0 Å². The summed E-state index contributed by atoms with van der Waals surface area (Å²) in [5, 5.41) is 0.0675. The molecular weight excluding hydrogens is 212 g/mol. The largest absolute Gasteiger partial charge is 0.225 e. The quantitative estimate of drug-likeness (QED) is 0.677. The molecule has 0 spiro atoms. The lowest BCUT2D eigenvalue weighted by Gasteiger charge is -1.94. The van der Waals surface area contributed by atoms with E-state index < -0.39 is 9.84 Å². The van der Waals surface area contributed by atoms with E-state index in [2.05, 4.69) is 9.97 Å². The number of hydrogen-bond acceptors (Lipinski definition) is 4. The van der Waals surface area contributed by atoms with Crippen LogP contribution in [0.2, 0.25) is 5.15 Å². The van der Waals surface area contributed by atoms with Crippen molar-refractivity contribution in [3.05, 3.63) is 17.5 Å². The van der Waals surface area contributed by atoms with Gasteiger partial charge in [0.1, 0.15) is 11.5 Å². The molecule has 1 aromatic heterocycles. The van der Waals surface area contributed by atoms with Crippen LogP contribution in [0.15, 0.2) is 17.4 Å². The fourth-order valence-electron chi connectivity index (χ4n) is 0.520. The average Bonchev–Trinajstić information content (AvgIpc) is 2.06. The summed E-state index contributed by atoms with van der Waals surface area (Å²) >= 11 is 5.44. The van der Waals surface area contributed by atoms with E-state index in [0.717, 1.165) is 12.6 Å². The molecule has 0 saturated heterocycles. The standard InChI is InChI=1S/C5H5ClN2O2S.C2H6/c1-11(9,10)5-2-4(6)7-3-8-5;1-2/h2-3H,1H3;1-2H3. The van der Waals surface area contributed by atoms with Crippen molar-refractivity contribution < 1.29 is 8.42 Å². The molecule has 0 aliphatic carbocycles. The van der Waals surface area contributed by atoms with E-state index in [1.807, 2.05) is 13.8 Å². The maximum absolute atomic E-state index is 10.8. The molecule has 0 saturated carbocycles. The summed E-state index contributed by atoms with van der Waals surface area (Å²) in [6, 6.07) is 1.21. The lowest BCUT2D eigenvalue weighted by atomic mass is 10.7. The van der Waals surface area contributed by atoms with Gasteiger partial charge in [0.15, 0.2) is 14.9 Å². The van der Waals surface area contributed by atoms with Crippen LogP contribution in [-0.2, 0) is 9.84 Å². The summed E-state index contributed by atoms with van der Waals surface area (Å²) < 4.78 is 21.7. The Hall–Kier alpha value is -0.680. The average molecular weight is 223 g/mol. The predicted octanol–water partition coefficient (Wildman–Crippen LogP) is 1.56. The van der Waals surface area contributed by atoms with Crippen molar-refractivity contribution in [3.8, 4) is 0 Å². The molecule has 6 heteroatoms. The summed E-state index contributed by atoms with van der Waals surface area (Å²) in [6.07, 6.45) is 2.17. The Labute approximate surface area is 82.9 Å². The van der Waals surface area contributed by atoms with Crippen LogP contribution in [0.1, 0.15) is 13.8 Å². The van der Waals surface area contributed by atoms with Crippen molar-refractivity contribution in [3.63, 3.8) is 0 Å². The highest BCUT2D eigenvalue weighted by Gasteiger charge is 2.08. The van der Waals surface area contributed by atoms with Gasteiger partial charge in [0.25, 0.3) is 0 Å². The van der Waals surface area contributed by atoms with Gasteiger partial charge in [0.05, 0.1) is 0 Å². The Morgan fingerprint density at radius 2 is 1.85 bits per heavy atom. The molecule has 0 N–H and O–H groups in total. The van der Waals surface area contributed by atoms with Crippen LogP contribution >= 0.6 is 11.6 Å². The maximum Gasteiger partial charge on any atom is 0.192 e. The third-order valence-corrected chi connectivity index (χ3v) is 2.18. The highest BCUT2D eigenvalue weighted by Crippen LogP contribution is 2.08. The second kappa shape index (κ2) is 5.14. The van der Waals surface area contributed by atoms with Gasteiger partial charge in [-0.05, 0) is 0 Å². The van der Waals surface area contributed by atoms with Gasteiger partial charge < -0.3 is 0 Å². The zero-order chi connectivity index (χ0) is 10.5. The zero-order valence-corrected chi connectivity index (χ0v) is 9.22. The number of aromatic nitrogens is 2. The lowest BCUT2D eigenvalue weighted by molar-refractivity contribution is 0.598. The number of hydrogen-bond donors (Lipinski definition) is 0. The van der Waals surface area contributed by atoms with Crippen LogP contribution in [0.5, 0.6) is 0 Å². The summed E-state index contributed by atoms with van der Waals surface area (Å²) in [5.74, 6) is 0. The Kier molecular flexibility index (Phi) is 4.87. The lowest BCUT2D eigenvalue weighted by Crippen LogP contribution is -2.00. The molecule has 0 amide bonds. The van der Waals surface area contributed by atoms with Crippen molar-refractivity contribution in [2.45, 2.75) is 18.9 Å². The van der Waals surface area contributed by atoms with E-state index in [-0.39, 0.29) is 10.2 Å². The molecule has 0 fully saturated rings. The summed E-state index contributed by atoms with van der Waals surface area (Å²) in [4.78, 5) is 7.07. The van der Waals surface area contributed by atoms with Crippen LogP contribution in [0.4, 0.5) is 0 Å². The molecule has 0 unspecified atom stereocenters. The fraction of sp³-hybridized carbons (Fsp3) is 0.429. The SMILES string of the molecule is CC.CS(=O)(=O)c1cc(Cl)ncn1. The zero-order valence-electron chi connectivity index (χ0n) is 7.65. The highest BCUT2D eigenvalue weighted by atomic mass is 35.5. The molecule has 0 aromatic carbocycles. The molecular formula is C7H11ClN2O2S. The monoisotopic (exact) mass is 222 g/mol. The Morgan fingerprint density at radius 1 is 1.31 bits per heavy atom. The summed E-state index contributed by atoms with van der Waals surface area (Å²) in [6.45, 7) is 4.00. The first-order chi connectivity index (χ1) is 6.00. The van der Waals surface area contributed by atoms with Crippen LogP contribution in [0.25, 0.3) is 0 Å². The molecule has 1 heterocycles. The van der Waals surface area contributed by atoms with Crippen molar-refractivity contribution in [1.29, 1.82) is 0 Å². The van der Waals surface area contributed by atoms with Crippen molar-refractivity contribution in [2.75, 3.05) is 6.26 Å².